The zero-order chi connectivity index (χ0) is 10.1. The molecule has 0 radical (unpaired) electrons. The summed E-state index contributed by atoms with van der Waals surface area (Å²) in [6.07, 6.45) is 1.81. The molecular formula is C9H8BrClN2O. The van der Waals surface area contributed by atoms with Crippen molar-refractivity contribution in [2.45, 2.75) is 6.61 Å². The molecule has 0 aliphatic rings. The Hall–Kier alpha value is -0.580. The first-order valence-electron chi connectivity index (χ1n) is 4.03. The number of aromatic nitrogens is 2. The van der Waals surface area contributed by atoms with E-state index in [0.717, 1.165) is 15.9 Å². The molecule has 0 aliphatic carbocycles. The van der Waals surface area contributed by atoms with E-state index >= 15 is 0 Å². The third-order valence-electron chi connectivity index (χ3n) is 1.87. The normalized spacial score (nSPS) is 11.1. The Morgan fingerprint density at radius 3 is 3.07 bits per heavy atom. The van der Waals surface area contributed by atoms with Gasteiger partial charge in [-0.2, -0.15) is 0 Å². The van der Waals surface area contributed by atoms with Crippen LogP contribution in [0.3, 0.4) is 0 Å². The Bertz CT molecular complexity index is 469. The summed E-state index contributed by atoms with van der Waals surface area (Å²) >= 11 is 9.33. The van der Waals surface area contributed by atoms with Crippen LogP contribution in [0.1, 0.15) is 5.69 Å². The number of hydrogen-bond acceptors (Lipinski definition) is 2. The molecule has 5 heteroatoms. The molecule has 0 amide bonds. The molecule has 0 N–H and O–H groups in total. The van der Waals surface area contributed by atoms with Gasteiger partial charge in [0, 0.05) is 13.3 Å². The molecule has 3 nitrogen and oxygen atoms in total. The smallest absolute Gasteiger partial charge is 0.138 e. The highest BCUT2D eigenvalue weighted by atomic mass is 79.9. The summed E-state index contributed by atoms with van der Waals surface area (Å²) in [5.41, 5.74) is 1.73. The van der Waals surface area contributed by atoms with Gasteiger partial charge in [-0.25, -0.2) is 4.98 Å². The van der Waals surface area contributed by atoms with Crippen LogP contribution in [0.2, 0.25) is 5.02 Å². The van der Waals surface area contributed by atoms with Crippen molar-refractivity contribution >= 4 is 33.2 Å². The maximum atomic E-state index is 5.88. The van der Waals surface area contributed by atoms with Crippen LogP contribution < -0.4 is 0 Å². The highest BCUT2D eigenvalue weighted by Crippen LogP contribution is 2.21. The number of fused-ring (bicyclic) bond motifs is 1. The summed E-state index contributed by atoms with van der Waals surface area (Å²) in [6, 6.07) is 3.68. The first-order valence-corrected chi connectivity index (χ1v) is 5.20. The second-order valence-corrected chi connectivity index (χ2v) is 4.05. The van der Waals surface area contributed by atoms with Crippen molar-refractivity contribution in [2.24, 2.45) is 0 Å². The molecule has 2 aromatic heterocycles. The minimum atomic E-state index is 0.486. The van der Waals surface area contributed by atoms with Gasteiger partial charge >= 0.3 is 0 Å². The molecule has 0 saturated carbocycles. The van der Waals surface area contributed by atoms with E-state index in [1.165, 1.54) is 0 Å². The second-order valence-electron chi connectivity index (χ2n) is 2.86. The number of halogens is 2. The molecule has 0 spiro atoms. The monoisotopic (exact) mass is 274 g/mol. The van der Waals surface area contributed by atoms with Crippen LogP contribution in [0, 0.1) is 0 Å². The van der Waals surface area contributed by atoms with Crippen LogP contribution in [0.5, 0.6) is 0 Å². The largest absolute Gasteiger partial charge is 0.378 e. The minimum Gasteiger partial charge on any atom is -0.378 e. The average molecular weight is 276 g/mol. The van der Waals surface area contributed by atoms with Gasteiger partial charge in [0.15, 0.2) is 0 Å². The van der Waals surface area contributed by atoms with Gasteiger partial charge < -0.3 is 4.74 Å². The molecule has 0 bridgehead atoms. The maximum absolute atomic E-state index is 5.88. The number of rotatable bonds is 2. The van der Waals surface area contributed by atoms with Gasteiger partial charge in [0.05, 0.1) is 17.3 Å². The van der Waals surface area contributed by atoms with Crippen molar-refractivity contribution in [3.05, 3.63) is 33.6 Å². The number of methoxy groups -OCH3 is 1. The second kappa shape index (κ2) is 3.88. The van der Waals surface area contributed by atoms with Gasteiger partial charge in [0.1, 0.15) is 10.3 Å². The van der Waals surface area contributed by atoms with Crippen LogP contribution in [0.25, 0.3) is 5.65 Å². The fourth-order valence-electron chi connectivity index (χ4n) is 1.27. The predicted octanol–water partition coefficient (Wildman–Crippen LogP) is 2.90. The van der Waals surface area contributed by atoms with Crippen molar-refractivity contribution in [1.82, 2.24) is 9.38 Å². The summed E-state index contributed by atoms with van der Waals surface area (Å²) in [4.78, 5) is 4.38. The molecule has 0 saturated heterocycles. The van der Waals surface area contributed by atoms with E-state index in [0.29, 0.717) is 11.6 Å². The number of hydrogen-bond donors (Lipinski definition) is 0. The molecule has 2 heterocycles. The SMILES string of the molecule is COCc1nc2ccc(Cl)cn2c1Br. The third kappa shape index (κ3) is 1.65. The standard InChI is InChI=1S/C9H8BrClN2O/c1-14-5-7-9(10)13-4-6(11)2-3-8(13)12-7/h2-4H,5H2,1H3. The van der Waals surface area contributed by atoms with Gasteiger partial charge in [0.25, 0.3) is 0 Å². The van der Waals surface area contributed by atoms with E-state index in [9.17, 15) is 0 Å². The van der Waals surface area contributed by atoms with Crippen LogP contribution in [-0.2, 0) is 11.3 Å². The average Bonchev–Trinajstić information content (AvgIpc) is 2.46. The van der Waals surface area contributed by atoms with Crippen molar-refractivity contribution in [3.63, 3.8) is 0 Å². The van der Waals surface area contributed by atoms with Gasteiger partial charge in [-0.1, -0.05) is 11.6 Å². The summed E-state index contributed by atoms with van der Waals surface area (Å²) in [7, 11) is 1.64. The fourth-order valence-corrected chi connectivity index (χ4v) is 1.92. The van der Waals surface area contributed by atoms with Crippen molar-refractivity contribution < 1.29 is 4.74 Å². The number of pyridine rings is 1. The molecule has 2 rings (SSSR count). The quantitative estimate of drug-likeness (QED) is 0.842. The first kappa shape index (κ1) is 9.96. The Labute approximate surface area is 94.8 Å². The third-order valence-corrected chi connectivity index (χ3v) is 2.93. The van der Waals surface area contributed by atoms with Gasteiger partial charge in [0.2, 0.25) is 0 Å². The molecular weight excluding hydrogens is 267 g/mol. The van der Waals surface area contributed by atoms with E-state index < -0.39 is 0 Å². The summed E-state index contributed by atoms with van der Waals surface area (Å²) in [5.74, 6) is 0. The molecule has 0 fully saturated rings. The molecule has 0 aliphatic heterocycles. The van der Waals surface area contributed by atoms with E-state index in [1.54, 1.807) is 7.11 Å². The van der Waals surface area contributed by atoms with Gasteiger partial charge in [-0.05, 0) is 28.1 Å². The molecule has 0 atom stereocenters. The number of nitrogens with zero attached hydrogens (tertiary/aromatic N) is 2. The van der Waals surface area contributed by atoms with Gasteiger partial charge in [-0.3, -0.25) is 4.40 Å². The highest BCUT2D eigenvalue weighted by molar-refractivity contribution is 9.10. The fraction of sp³-hybridized carbons (Fsp3) is 0.222. The lowest BCUT2D eigenvalue weighted by Crippen LogP contribution is -1.88. The topological polar surface area (TPSA) is 26.5 Å². The lowest BCUT2D eigenvalue weighted by molar-refractivity contribution is 0.181. The molecule has 2 aromatic rings. The van der Waals surface area contributed by atoms with Crippen molar-refractivity contribution in [1.29, 1.82) is 0 Å². The molecule has 14 heavy (non-hydrogen) atoms. The zero-order valence-corrected chi connectivity index (χ0v) is 9.84. The Morgan fingerprint density at radius 1 is 1.57 bits per heavy atom. The van der Waals surface area contributed by atoms with E-state index in [4.69, 9.17) is 16.3 Å². The Balaban J connectivity index is 2.62. The van der Waals surface area contributed by atoms with Gasteiger partial charge in [-0.15, -0.1) is 0 Å². The number of ether oxygens (including phenoxy) is 1. The van der Waals surface area contributed by atoms with E-state index in [-0.39, 0.29) is 0 Å². The van der Waals surface area contributed by atoms with E-state index in [1.807, 2.05) is 22.7 Å². The van der Waals surface area contributed by atoms with Crippen LogP contribution in [-0.4, -0.2) is 16.5 Å². The minimum absolute atomic E-state index is 0.486. The molecule has 0 unspecified atom stereocenters. The Morgan fingerprint density at radius 2 is 2.36 bits per heavy atom. The Kier molecular flexibility index (Phi) is 2.76. The first-order chi connectivity index (χ1) is 6.72. The van der Waals surface area contributed by atoms with Crippen LogP contribution in [0.4, 0.5) is 0 Å². The highest BCUT2D eigenvalue weighted by Gasteiger charge is 2.08. The van der Waals surface area contributed by atoms with Crippen molar-refractivity contribution in [3.8, 4) is 0 Å². The lowest BCUT2D eigenvalue weighted by atomic mass is 10.5. The zero-order valence-electron chi connectivity index (χ0n) is 7.50. The summed E-state index contributed by atoms with van der Waals surface area (Å²) in [6.45, 7) is 0.486. The lowest BCUT2D eigenvalue weighted by Gasteiger charge is -1.96. The van der Waals surface area contributed by atoms with Crippen molar-refractivity contribution in [2.75, 3.05) is 7.11 Å². The maximum Gasteiger partial charge on any atom is 0.138 e. The number of imidazole rings is 1. The van der Waals surface area contributed by atoms with Crippen LogP contribution >= 0.6 is 27.5 Å². The van der Waals surface area contributed by atoms with E-state index in [2.05, 4.69) is 20.9 Å². The van der Waals surface area contributed by atoms with Crippen LogP contribution in [0.15, 0.2) is 22.9 Å². The summed E-state index contributed by atoms with van der Waals surface area (Å²) < 4.78 is 7.80. The predicted molar refractivity (Wildman–Crippen MR) is 58.6 cm³/mol. The summed E-state index contributed by atoms with van der Waals surface area (Å²) in [5, 5.41) is 0.680. The molecule has 74 valence electrons. The molecule has 0 aromatic carbocycles.